The number of sulfone groups is 1. The highest BCUT2D eigenvalue weighted by Gasteiger charge is 2.58. The van der Waals surface area contributed by atoms with E-state index in [9.17, 15) is 31.9 Å². The van der Waals surface area contributed by atoms with Gasteiger partial charge >= 0.3 is 0 Å². The molecule has 2 aromatic carbocycles. The van der Waals surface area contributed by atoms with Crippen molar-refractivity contribution in [1.29, 1.82) is 0 Å². The molecular weight excluding hydrogens is 500 g/mol. The largest absolute Gasteiger partial charge is 0.389 e. The Morgan fingerprint density at radius 1 is 1.11 bits per heavy atom. The average molecular weight is 526 g/mol. The van der Waals surface area contributed by atoms with E-state index in [0.717, 1.165) is 12.1 Å². The smallest absolute Gasteiger partial charge is 0.255 e. The Bertz CT molecular complexity index is 1300. The topological polar surface area (TPSA) is 101 Å². The molecule has 0 aromatic heterocycles. The summed E-state index contributed by atoms with van der Waals surface area (Å²) in [6.45, 7) is 3.38. The minimum absolute atomic E-state index is 0.000165. The number of rotatable bonds is 6. The number of hydrogen-bond donors (Lipinski definition) is 2. The summed E-state index contributed by atoms with van der Waals surface area (Å²) in [5, 5.41) is 12.8. The second kappa shape index (κ2) is 9.26. The van der Waals surface area contributed by atoms with Crippen molar-refractivity contribution in [3.8, 4) is 0 Å². The fourth-order valence-corrected chi connectivity index (χ4v) is 8.17. The molecule has 2 bridgehead atoms. The predicted molar refractivity (Wildman–Crippen MR) is 127 cm³/mol. The molecule has 2 aromatic rings. The number of Topliss-reactive ketones (excluding diaryl/α,β-unsaturated/α-hetero) is 1. The molecule has 188 valence electrons. The molecule has 1 amide bonds. The first-order chi connectivity index (χ1) is 16.3. The molecule has 4 rings (SSSR count). The van der Waals surface area contributed by atoms with Crippen molar-refractivity contribution in [2.75, 3.05) is 5.32 Å². The number of amides is 1. The standard InChI is InChI=1S/C25H26ClF2NO5S/c1-13-7-16-9-18(11-19(13)25(16,32)12-14(2)30)35(33,34)23-8-15(3-5-20(23)26)24(31)29-17-4-6-21(27)22(28)10-17/h3-6,8,10,13,16,18-19,32H,7,9,11-12H2,1-2H3,(H,29,31)/t13-,16?,18?,19?,25+/m0/s1. The number of hydrogen-bond acceptors (Lipinski definition) is 5. The summed E-state index contributed by atoms with van der Waals surface area (Å²) in [6.07, 6.45) is 1.00. The molecule has 6 nitrogen and oxygen atoms in total. The lowest BCUT2D eigenvalue weighted by molar-refractivity contribution is -0.129. The molecule has 2 N–H and O–H groups in total. The zero-order valence-corrected chi connectivity index (χ0v) is 20.8. The molecule has 2 aliphatic rings. The first-order valence-electron chi connectivity index (χ1n) is 11.3. The summed E-state index contributed by atoms with van der Waals surface area (Å²) < 4.78 is 53.9. The molecule has 3 unspecified atom stereocenters. The fourth-order valence-electron chi connectivity index (χ4n) is 5.79. The predicted octanol–water partition coefficient (Wildman–Crippen LogP) is 4.79. The number of carbonyl (C=O) groups excluding carboxylic acids is 2. The van der Waals surface area contributed by atoms with Crippen LogP contribution in [0.5, 0.6) is 0 Å². The monoisotopic (exact) mass is 525 g/mol. The van der Waals surface area contributed by atoms with Gasteiger partial charge in [0.2, 0.25) is 0 Å². The average Bonchev–Trinajstić information content (AvgIpc) is 2.89. The first kappa shape index (κ1) is 25.7. The molecule has 2 fully saturated rings. The Kier molecular flexibility index (Phi) is 6.81. The highest BCUT2D eigenvalue weighted by atomic mass is 35.5. The van der Waals surface area contributed by atoms with Crippen molar-refractivity contribution < 1.29 is 31.9 Å². The van der Waals surface area contributed by atoms with Crippen molar-refractivity contribution in [2.24, 2.45) is 17.8 Å². The molecule has 2 aliphatic carbocycles. The van der Waals surface area contributed by atoms with E-state index in [1.165, 1.54) is 31.2 Å². The number of aliphatic hydroxyl groups is 1. The Morgan fingerprint density at radius 3 is 2.46 bits per heavy atom. The number of fused-ring (bicyclic) bond motifs is 2. The first-order valence-corrected chi connectivity index (χ1v) is 13.3. The van der Waals surface area contributed by atoms with Crippen molar-refractivity contribution in [3.63, 3.8) is 0 Å². The van der Waals surface area contributed by atoms with E-state index in [1.54, 1.807) is 0 Å². The number of halogens is 3. The number of ketones is 1. The molecule has 0 radical (unpaired) electrons. The normalized spacial score (nSPS) is 28.1. The minimum atomic E-state index is -3.98. The van der Waals surface area contributed by atoms with Crippen LogP contribution in [0, 0.1) is 29.4 Å². The Hall–Kier alpha value is -2.36. The van der Waals surface area contributed by atoms with E-state index in [-0.39, 0.29) is 64.0 Å². The maximum atomic E-state index is 13.6. The SMILES string of the molecule is CC(=O)C[C@@]1(O)C2CC(S(=O)(=O)c3cc(C(=O)Nc4ccc(F)c(F)c4)ccc3Cl)CC1[C@@H](C)C2. The molecular formula is C25H26ClF2NO5S. The number of benzene rings is 2. The third kappa shape index (κ3) is 4.73. The summed E-state index contributed by atoms with van der Waals surface area (Å²) in [4.78, 5) is 24.3. The van der Waals surface area contributed by atoms with Crippen LogP contribution in [0.15, 0.2) is 41.3 Å². The molecule has 0 heterocycles. The van der Waals surface area contributed by atoms with Gasteiger partial charge < -0.3 is 10.4 Å². The number of nitrogens with one attached hydrogen (secondary N) is 1. The third-order valence-electron chi connectivity index (χ3n) is 7.40. The third-order valence-corrected chi connectivity index (χ3v) is 10.1. The van der Waals surface area contributed by atoms with Crippen LogP contribution in [0.4, 0.5) is 14.5 Å². The van der Waals surface area contributed by atoms with E-state index < -0.39 is 38.2 Å². The quantitative estimate of drug-likeness (QED) is 0.565. The number of anilines is 1. The highest BCUT2D eigenvalue weighted by molar-refractivity contribution is 7.92. The van der Waals surface area contributed by atoms with Gasteiger partial charge in [-0.25, -0.2) is 17.2 Å². The van der Waals surface area contributed by atoms with E-state index in [2.05, 4.69) is 5.32 Å². The summed E-state index contributed by atoms with van der Waals surface area (Å²) in [5.41, 5.74) is -1.22. The molecule has 2 saturated carbocycles. The van der Waals surface area contributed by atoms with Gasteiger partial charge in [-0.3, -0.25) is 9.59 Å². The van der Waals surface area contributed by atoms with Gasteiger partial charge in [0.1, 0.15) is 5.78 Å². The maximum Gasteiger partial charge on any atom is 0.255 e. The summed E-state index contributed by atoms with van der Waals surface area (Å²) in [5.74, 6) is -3.66. The van der Waals surface area contributed by atoms with Crippen LogP contribution in [0.2, 0.25) is 5.02 Å². The number of carbonyl (C=O) groups is 2. The van der Waals surface area contributed by atoms with Gasteiger partial charge in [-0.05, 0) is 74.3 Å². The molecule has 0 saturated heterocycles. The van der Waals surface area contributed by atoms with Crippen LogP contribution in [-0.2, 0) is 14.6 Å². The Morgan fingerprint density at radius 2 is 1.83 bits per heavy atom. The van der Waals surface area contributed by atoms with Crippen LogP contribution in [0.3, 0.4) is 0 Å². The van der Waals surface area contributed by atoms with Crippen LogP contribution < -0.4 is 5.32 Å². The summed E-state index contributed by atoms with van der Waals surface area (Å²) >= 11 is 6.25. The molecule has 10 heteroatoms. The maximum absolute atomic E-state index is 13.6. The van der Waals surface area contributed by atoms with Crippen LogP contribution in [0.25, 0.3) is 0 Å². The van der Waals surface area contributed by atoms with E-state index >= 15 is 0 Å². The van der Waals surface area contributed by atoms with Gasteiger partial charge in [0.05, 0.1) is 20.8 Å². The summed E-state index contributed by atoms with van der Waals surface area (Å²) in [6, 6.07) is 6.70. The van der Waals surface area contributed by atoms with Gasteiger partial charge in [-0.1, -0.05) is 18.5 Å². The lowest BCUT2D eigenvalue weighted by atomic mass is 9.71. The second-order valence-electron chi connectivity index (χ2n) is 9.75. The minimum Gasteiger partial charge on any atom is -0.389 e. The van der Waals surface area contributed by atoms with Crippen molar-refractivity contribution in [2.45, 2.75) is 55.3 Å². The van der Waals surface area contributed by atoms with Crippen LogP contribution in [0.1, 0.15) is 49.9 Å². The Labute approximate surface area is 207 Å². The van der Waals surface area contributed by atoms with Crippen molar-refractivity contribution in [3.05, 3.63) is 58.6 Å². The van der Waals surface area contributed by atoms with Crippen LogP contribution in [-0.4, -0.2) is 36.1 Å². The van der Waals surface area contributed by atoms with Crippen molar-refractivity contribution >= 4 is 38.8 Å². The Balaban J connectivity index is 1.60. The van der Waals surface area contributed by atoms with Crippen LogP contribution >= 0.6 is 11.6 Å². The molecule has 5 atom stereocenters. The lowest BCUT2D eigenvalue weighted by Crippen LogP contribution is -2.49. The van der Waals surface area contributed by atoms with E-state index in [1.807, 2.05) is 6.92 Å². The highest BCUT2D eigenvalue weighted by Crippen LogP contribution is 2.56. The fraction of sp³-hybridized carbons (Fsp3) is 0.440. The van der Waals surface area contributed by atoms with E-state index in [0.29, 0.717) is 6.42 Å². The van der Waals surface area contributed by atoms with Gasteiger partial charge in [0.25, 0.3) is 5.91 Å². The van der Waals surface area contributed by atoms with E-state index in [4.69, 9.17) is 11.6 Å². The second-order valence-corrected chi connectivity index (χ2v) is 12.4. The molecule has 35 heavy (non-hydrogen) atoms. The lowest BCUT2D eigenvalue weighted by Gasteiger charge is -2.42. The molecule has 0 spiro atoms. The van der Waals surface area contributed by atoms with Crippen molar-refractivity contribution in [1.82, 2.24) is 0 Å². The zero-order valence-electron chi connectivity index (χ0n) is 19.2. The van der Waals surface area contributed by atoms with Gasteiger partial charge in [-0.15, -0.1) is 0 Å². The zero-order chi connectivity index (χ0) is 25.7. The molecule has 0 aliphatic heterocycles. The van der Waals surface area contributed by atoms with Gasteiger partial charge in [0.15, 0.2) is 21.5 Å². The van der Waals surface area contributed by atoms with Gasteiger partial charge in [-0.2, -0.15) is 0 Å². The van der Waals surface area contributed by atoms with Gasteiger partial charge in [0, 0.05) is 23.7 Å². The summed E-state index contributed by atoms with van der Waals surface area (Å²) in [7, 11) is -3.98.